The Kier molecular flexibility index (Phi) is 5.01. The van der Waals surface area contributed by atoms with Crippen molar-refractivity contribution in [3.8, 4) is 11.5 Å². The Bertz CT molecular complexity index is 568. The van der Waals surface area contributed by atoms with Gasteiger partial charge in [-0.2, -0.15) is 0 Å². The zero-order valence-electron chi connectivity index (χ0n) is 13.7. The van der Waals surface area contributed by atoms with Crippen LogP contribution in [0.4, 0.5) is 0 Å². The van der Waals surface area contributed by atoms with E-state index in [1.165, 1.54) is 0 Å². The Morgan fingerprint density at radius 3 is 2.87 bits per heavy atom. The molecule has 0 aromatic heterocycles. The molecule has 1 aromatic carbocycles. The minimum Gasteiger partial charge on any atom is -0.493 e. The summed E-state index contributed by atoms with van der Waals surface area (Å²) in [7, 11) is 3.25. The number of nitrogens with zero attached hydrogens (tertiary/aromatic N) is 1. The van der Waals surface area contributed by atoms with Gasteiger partial charge in [0.15, 0.2) is 11.5 Å². The van der Waals surface area contributed by atoms with Crippen LogP contribution in [0.15, 0.2) is 12.1 Å². The normalized spacial score (nSPS) is 27.7. The van der Waals surface area contributed by atoms with Crippen molar-refractivity contribution in [3.05, 3.63) is 22.7 Å². The van der Waals surface area contributed by atoms with Gasteiger partial charge in [-0.15, -0.1) is 0 Å². The fourth-order valence-electron chi connectivity index (χ4n) is 3.90. The molecule has 0 aliphatic carbocycles. The highest BCUT2D eigenvalue weighted by Crippen LogP contribution is 2.43. The number of ether oxygens (including phenoxy) is 3. The molecule has 0 saturated carbocycles. The van der Waals surface area contributed by atoms with Crippen molar-refractivity contribution >= 4 is 11.6 Å². The molecule has 2 atom stereocenters. The Morgan fingerprint density at radius 1 is 1.39 bits per heavy atom. The number of methoxy groups -OCH3 is 2. The van der Waals surface area contributed by atoms with Crippen molar-refractivity contribution in [3.63, 3.8) is 0 Å². The first-order chi connectivity index (χ1) is 11.1. The van der Waals surface area contributed by atoms with Crippen molar-refractivity contribution in [1.29, 1.82) is 0 Å². The molecular weight excluding hydrogens is 318 g/mol. The summed E-state index contributed by atoms with van der Waals surface area (Å²) in [5.74, 6) is 1.75. The van der Waals surface area contributed by atoms with Crippen LogP contribution in [-0.2, 0) is 11.3 Å². The van der Waals surface area contributed by atoms with Crippen LogP contribution in [0.1, 0.15) is 12.0 Å². The largest absolute Gasteiger partial charge is 0.493 e. The zero-order chi connectivity index (χ0) is 16.4. The third-order valence-electron chi connectivity index (χ3n) is 5.18. The Hall–Kier alpha value is -1.01. The average molecular weight is 342 g/mol. The van der Waals surface area contributed by atoms with Crippen LogP contribution in [-0.4, -0.2) is 57.1 Å². The van der Waals surface area contributed by atoms with Crippen LogP contribution < -0.4 is 9.47 Å². The molecule has 2 aliphatic heterocycles. The van der Waals surface area contributed by atoms with E-state index < -0.39 is 0 Å². The molecule has 1 aromatic rings. The van der Waals surface area contributed by atoms with Gasteiger partial charge in [0.05, 0.1) is 27.4 Å². The maximum atomic E-state index is 9.91. The second-order valence-electron chi connectivity index (χ2n) is 6.51. The van der Waals surface area contributed by atoms with E-state index in [-0.39, 0.29) is 12.0 Å². The third kappa shape index (κ3) is 3.15. The molecule has 128 valence electrons. The quantitative estimate of drug-likeness (QED) is 0.889. The highest BCUT2D eigenvalue weighted by Gasteiger charge is 2.47. The molecule has 1 N–H and O–H groups in total. The summed E-state index contributed by atoms with van der Waals surface area (Å²) in [5.41, 5.74) is 0.971. The molecule has 23 heavy (non-hydrogen) atoms. The van der Waals surface area contributed by atoms with Crippen LogP contribution in [0.2, 0.25) is 5.02 Å². The number of fused-ring (bicyclic) bond motifs is 1. The number of benzene rings is 1. The first-order valence-electron chi connectivity index (χ1n) is 7.93. The predicted octanol–water partition coefficient (Wildman–Crippen LogP) is 2.19. The first kappa shape index (κ1) is 16.8. The van der Waals surface area contributed by atoms with E-state index in [0.29, 0.717) is 16.7 Å². The maximum absolute atomic E-state index is 9.91. The topological polar surface area (TPSA) is 51.2 Å². The van der Waals surface area contributed by atoms with Gasteiger partial charge in [-0.1, -0.05) is 11.6 Å². The van der Waals surface area contributed by atoms with E-state index in [0.717, 1.165) is 50.6 Å². The lowest BCUT2D eigenvalue weighted by atomic mass is 9.75. The smallest absolute Gasteiger partial charge is 0.165 e. The van der Waals surface area contributed by atoms with Crippen molar-refractivity contribution in [2.24, 2.45) is 11.3 Å². The van der Waals surface area contributed by atoms with Gasteiger partial charge in [0.25, 0.3) is 0 Å². The van der Waals surface area contributed by atoms with Gasteiger partial charge in [-0.3, -0.25) is 4.90 Å². The molecule has 5 nitrogen and oxygen atoms in total. The maximum Gasteiger partial charge on any atom is 0.165 e. The Balaban J connectivity index is 1.82. The summed E-state index contributed by atoms with van der Waals surface area (Å²) in [6.07, 6.45) is 0.917. The van der Waals surface area contributed by atoms with Crippen molar-refractivity contribution in [1.82, 2.24) is 4.90 Å². The highest BCUT2D eigenvalue weighted by atomic mass is 35.5. The molecule has 2 heterocycles. The number of aliphatic hydroxyl groups excluding tert-OH is 1. The van der Waals surface area contributed by atoms with Crippen LogP contribution in [0.25, 0.3) is 0 Å². The summed E-state index contributed by atoms with van der Waals surface area (Å²) >= 11 is 6.21. The summed E-state index contributed by atoms with van der Waals surface area (Å²) in [5, 5.41) is 10.5. The molecule has 0 unspecified atom stereocenters. The number of aliphatic hydroxyl groups is 1. The van der Waals surface area contributed by atoms with Crippen molar-refractivity contribution < 1.29 is 19.3 Å². The van der Waals surface area contributed by atoms with Gasteiger partial charge < -0.3 is 19.3 Å². The third-order valence-corrected chi connectivity index (χ3v) is 5.39. The van der Waals surface area contributed by atoms with Gasteiger partial charge in [0, 0.05) is 54.2 Å². The Morgan fingerprint density at radius 2 is 2.22 bits per heavy atom. The molecule has 6 heteroatoms. The summed E-state index contributed by atoms with van der Waals surface area (Å²) in [6, 6.07) is 3.68. The minimum atomic E-state index is -0.0336. The molecule has 3 rings (SSSR count). The molecule has 0 radical (unpaired) electrons. The zero-order valence-corrected chi connectivity index (χ0v) is 14.4. The molecular formula is C17H24ClNO4. The number of halogens is 1. The molecule has 0 amide bonds. The Labute approximate surface area is 142 Å². The van der Waals surface area contributed by atoms with Gasteiger partial charge >= 0.3 is 0 Å². The van der Waals surface area contributed by atoms with Crippen LogP contribution in [0.3, 0.4) is 0 Å². The standard InChI is InChI=1S/C17H24ClNO4/c1-21-15-6-14(18)5-12(16(15)22-2)7-19-8-13-9-23-4-3-17(13,10-19)11-20/h5-6,13,20H,3-4,7-11H2,1-2H3/t13-,17-/m1/s1. The van der Waals surface area contributed by atoms with Gasteiger partial charge in [0.2, 0.25) is 0 Å². The number of likely N-dealkylation sites (tertiary alicyclic amines) is 1. The molecule has 2 saturated heterocycles. The molecule has 0 spiro atoms. The second kappa shape index (κ2) is 6.85. The van der Waals surface area contributed by atoms with Gasteiger partial charge in [0.1, 0.15) is 0 Å². The van der Waals surface area contributed by atoms with E-state index in [4.69, 9.17) is 25.8 Å². The van der Waals surface area contributed by atoms with E-state index in [9.17, 15) is 5.11 Å². The van der Waals surface area contributed by atoms with E-state index >= 15 is 0 Å². The SMILES string of the molecule is COc1cc(Cl)cc(CN2C[C@@H]3COCC[C@]3(CO)C2)c1OC. The first-order valence-corrected chi connectivity index (χ1v) is 8.31. The van der Waals surface area contributed by atoms with Gasteiger partial charge in [-0.05, 0) is 12.5 Å². The second-order valence-corrected chi connectivity index (χ2v) is 6.95. The van der Waals surface area contributed by atoms with Crippen molar-refractivity contribution in [2.45, 2.75) is 13.0 Å². The van der Waals surface area contributed by atoms with E-state index in [2.05, 4.69) is 4.90 Å². The fraction of sp³-hybridized carbons (Fsp3) is 0.647. The predicted molar refractivity (Wildman–Crippen MR) is 88.3 cm³/mol. The fourth-order valence-corrected chi connectivity index (χ4v) is 4.13. The van der Waals surface area contributed by atoms with Crippen LogP contribution in [0.5, 0.6) is 11.5 Å². The lowest BCUT2D eigenvalue weighted by molar-refractivity contribution is -0.0417. The molecule has 2 fully saturated rings. The summed E-state index contributed by atoms with van der Waals surface area (Å²) in [6.45, 7) is 4.19. The summed E-state index contributed by atoms with van der Waals surface area (Å²) < 4.78 is 16.5. The van der Waals surface area contributed by atoms with Crippen LogP contribution >= 0.6 is 11.6 Å². The van der Waals surface area contributed by atoms with E-state index in [1.807, 2.05) is 6.07 Å². The molecule has 2 aliphatic rings. The number of hydrogen-bond acceptors (Lipinski definition) is 5. The molecule has 0 bridgehead atoms. The van der Waals surface area contributed by atoms with Crippen LogP contribution in [0, 0.1) is 11.3 Å². The highest BCUT2D eigenvalue weighted by molar-refractivity contribution is 6.30. The van der Waals surface area contributed by atoms with E-state index in [1.54, 1.807) is 20.3 Å². The lowest BCUT2D eigenvalue weighted by Crippen LogP contribution is -2.41. The monoisotopic (exact) mass is 341 g/mol. The number of hydrogen-bond donors (Lipinski definition) is 1. The minimum absolute atomic E-state index is 0.0336. The summed E-state index contributed by atoms with van der Waals surface area (Å²) in [4.78, 5) is 2.35. The van der Waals surface area contributed by atoms with Gasteiger partial charge in [-0.25, -0.2) is 0 Å². The average Bonchev–Trinajstić information content (AvgIpc) is 2.92. The lowest BCUT2D eigenvalue weighted by Gasteiger charge is -2.36. The number of rotatable bonds is 5. The van der Waals surface area contributed by atoms with Crippen molar-refractivity contribution in [2.75, 3.05) is 47.1 Å².